The van der Waals surface area contributed by atoms with Gasteiger partial charge in [0.1, 0.15) is 0 Å². The van der Waals surface area contributed by atoms with E-state index in [-0.39, 0.29) is 17.9 Å². The number of rotatable bonds is 4. The van der Waals surface area contributed by atoms with Gasteiger partial charge in [-0.25, -0.2) is 0 Å². The van der Waals surface area contributed by atoms with Crippen LogP contribution in [0.4, 0.5) is 0 Å². The topological polar surface area (TPSA) is 46.3 Å². The molecular weight excluding hydrogens is 196 g/mol. The highest BCUT2D eigenvalue weighted by atomic mass is 32.1. The van der Waals surface area contributed by atoms with Crippen LogP contribution >= 0.6 is 12.2 Å². The zero-order valence-electron chi connectivity index (χ0n) is 9.57. The number of likely N-dealkylation sites (N-methyl/N-ethyl adjacent to an activating group) is 1. The van der Waals surface area contributed by atoms with Gasteiger partial charge in [-0.2, -0.15) is 0 Å². The maximum Gasteiger partial charge on any atom is 0.225 e. The summed E-state index contributed by atoms with van der Waals surface area (Å²) in [5.74, 6) is 0.445. The molecule has 0 aromatic heterocycles. The van der Waals surface area contributed by atoms with Gasteiger partial charge in [-0.3, -0.25) is 4.79 Å². The van der Waals surface area contributed by atoms with Crippen LogP contribution in [0.3, 0.4) is 0 Å². The molecule has 0 heterocycles. The average molecular weight is 216 g/mol. The molecule has 0 aliphatic carbocycles. The van der Waals surface area contributed by atoms with Gasteiger partial charge in [0.25, 0.3) is 0 Å². The highest BCUT2D eigenvalue weighted by Crippen LogP contribution is 2.14. The van der Waals surface area contributed by atoms with Gasteiger partial charge in [0, 0.05) is 13.0 Å². The normalized spacial score (nSPS) is 15.0. The molecule has 0 radical (unpaired) electrons. The molecule has 3 nitrogen and oxygen atoms in total. The van der Waals surface area contributed by atoms with E-state index >= 15 is 0 Å². The van der Waals surface area contributed by atoms with Gasteiger partial charge < -0.3 is 10.6 Å². The Balaban J connectivity index is 4.46. The molecule has 0 aromatic carbocycles. The summed E-state index contributed by atoms with van der Waals surface area (Å²) < 4.78 is 0. The highest BCUT2D eigenvalue weighted by Gasteiger charge is 2.24. The van der Waals surface area contributed by atoms with Gasteiger partial charge in [-0.1, -0.05) is 33.0 Å². The third-order valence-electron chi connectivity index (χ3n) is 2.73. The molecule has 82 valence electrons. The molecule has 4 heteroatoms. The smallest absolute Gasteiger partial charge is 0.225 e. The van der Waals surface area contributed by atoms with Gasteiger partial charge in [0.05, 0.1) is 11.0 Å². The summed E-state index contributed by atoms with van der Waals surface area (Å²) in [6.45, 7) is 7.83. The van der Waals surface area contributed by atoms with Gasteiger partial charge in [-0.05, 0) is 12.8 Å². The van der Waals surface area contributed by atoms with Crippen LogP contribution in [0, 0.1) is 11.8 Å². The zero-order chi connectivity index (χ0) is 11.5. The van der Waals surface area contributed by atoms with E-state index in [4.69, 9.17) is 18.0 Å². The molecule has 0 bridgehead atoms. The van der Waals surface area contributed by atoms with Crippen LogP contribution < -0.4 is 5.73 Å². The second-order valence-electron chi connectivity index (χ2n) is 4.06. The molecule has 0 aliphatic rings. The van der Waals surface area contributed by atoms with Crippen LogP contribution in [0.25, 0.3) is 0 Å². The number of nitrogens with two attached hydrogens (primary N) is 1. The standard InChI is InChI=1S/C10H20N2OS/c1-6(2)7(3)10(13)12(5)8(4)9(11)14/h6-8H,1-5H3,(H2,11,14). The largest absolute Gasteiger partial charge is 0.392 e. The Kier molecular flexibility index (Phi) is 5.05. The van der Waals surface area contributed by atoms with Crippen LogP contribution in [-0.2, 0) is 4.79 Å². The number of thiocarbonyl (C=S) groups is 1. The van der Waals surface area contributed by atoms with Gasteiger partial charge >= 0.3 is 0 Å². The molecule has 1 amide bonds. The Morgan fingerprint density at radius 1 is 1.29 bits per heavy atom. The summed E-state index contributed by atoms with van der Waals surface area (Å²) in [5.41, 5.74) is 5.49. The lowest BCUT2D eigenvalue weighted by Crippen LogP contribution is -2.45. The number of hydrogen-bond acceptors (Lipinski definition) is 2. The summed E-state index contributed by atoms with van der Waals surface area (Å²) >= 11 is 4.85. The summed E-state index contributed by atoms with van der Waals surface area (Å²) in [5, 5.41) is 0. The molecular formula is C10H20N2OS. The van der Waals surface area contributed by atoms with E-state index in [9.17, 15) is 4.79 Å². The quantitative estimate of drug-likeness (QED) is 0.723. The molecule has 0 rings (SSSR count). The third-order valence-corrected chi connectivity index (χ3v) is 3.07. The molecule has 0 fully saturated rings. The fourth-order valence-corrected chi connectivity index (χ4v) is 1.15. The van der Waals surface area contributed by atoms with E-state index in [2.05, 4.69) is 0 Å². The van der Waals surface area contributed by atoms with Gasteiger partial charge in [0.15, 0.2) is 0 Å². The first-order chi connectivity index (χ1) is 6.29. The van der Waals surface area contributed by atoms with Crippen molar-refractivity contribution in [3.8, 4) is 0 Å². The zero-order valence-corrected chi connectivity index (χ0v) is 10.4. The summed E-state index contributed by atoms with van der Waals surface area (Å²) in [6.07, 6.45) is 0. The Bertz CT molecular complexity index is 228. The average Bonchev–Trinajstić information content (AvgIpc) is 2.12. The van der Waals surface area contributed by atoms with E-state index < -0.39 is 0 Å². The fourth-order valence-electron chi connectivity index (χ4n) is 0.988. The van der Waals surface area contributed by atoms with Crippen LogP contribution in [0.15, 0.2) is 0 Å². The van der Waals surface area contributed by atoms with Crippen molar-refractivity contribution < 1.29 is 4.79 Å². The minimum atomic E-state index is -0.168. The maximum absolute atomic E-state index is 11.8. The van der Waals surface area contributed by atoms with Crippen molar-refractivity contribution in [2.75, 3.05) is 7.05 Å². The molecule has 0 aromatic rings. The molecule has 2 unspecified atom stereocenters. The molecule has 2 N–H and O–H groups in total. The lowest BCUT2D eigenvalue weighted by atomic mass is 9.96. The lowest BCUT2D eigenvalue weighted by molar-refractivity contribution is -0.135. The van der Waals surface area contributed by atoms with Crippen molar-refractivity contribution in [1.29, 1.82) is 0 Å². The lowest BCUT2D eigenvalue weighted by Gasteiger charge is -2.28. The minimum Gasteiger partial charge on any atom is -0.392 e. The Labute approximate surface area is 91.6 Å². The molecule has 14 heavy (non-hydrogen) atoms. The predicted molar refractivity (Wildman–Crippen MR) is 63.0 cm³/mol. The van der Waals surface area contributed by atoms with E-state index in [1.165, 1.54) is 0 Å². The van der Waals surface area contributed by atoms with Gasteiger partial charge in [0.2, 0.25) is 5.91 Å². The molecule has 0 saturated heterocycles. The first-order valence-electron chi connectivity index (χ1n) is 4.85. The SMILES string of the molecule is CC(C)C(C)C(=O)N(C)C(C)C(N)=S. The van der Waals surface area contributed by atoms with Crippen molar-refractivity contribution in [2.45, 2.75) is 33.7 Å². The van der Waals surface area contributed by atoms with Crippen molar-refractivity contribution >= 4 is 23.1 Å². The van der Waals surface area contributed by atoms with Crippen molar-refractivity contribution in [1.82, 2.24) is 4.90 Å². The number of carbonyl (C=O) groups excluding carboxylic acids is 1. The van der Waals surface area contributed by atoms with Crippen molar-refractivity contribution in [2.24, 2.45) is 17.6 Å². The molecule has 0 spiro atoms. The predicted octanol–water partition coefficient (Wildman–Crippen LogP) is 1.41. The van der Waals surface area contributed by atoms with E-state index in [0.717, 1.165) is 0 Å². The third kappa shape index (κ3) is 3.25. The maximum atomic E-state index is 11.8. The van der Waals surface area contributed by atoms with Gasteiger partial charge in [-0.15, -0.1) is 0 Å². The molecule has 2 atom stereocenters. The Morgan fingerprint density at radius 2 is 1.71 bits per heavy atom. The Hall–Kier alpha value is -0.640. The van der Waals surface area contributed by atoms with Crippen LogP contribution in [-0.4, -0.2) is 28.9 Å². The van der Waals surface area contributed by atoms with E-state index in [1.807, 2.05) is 27.7 Å². The van der Waals surface area contributed by atoms with Crippen molar-refractivity contribution in [3.63, 3.8) is 0 Å². The highest BCUT2D eigenvalue weighted by molar-refractivity contribution is 7.80. The first kappa shape index (κ1) is 13.4. The molecule has 0 aliphatic heterocycles. The summed E-state index contributed by atoms with van der Waals surface area (Å²) in [7, 11) is 1.74. The number of nitrogens with zero attached hydrogens (tertiary/aromatic N) is 1. The van der Waals surface area contributed by atoms with E-state index in [0.29, 0.717) is 10.9 Å². The monoisotopic (exact) mass is 216 g/mol. The second kappa shape index (κ2) is 5.29. The number of amides is 1. The van der Waals surface area contributed by atoms with E-state index in [1.54, 1.807) is 11.9 Å². The first-order valence-corrected chi connectivity index (χ1v) is 5.25. The van der Waals surface area contributed by atoms with Crippen LogP contribution in [0.5, 0.6) is 0 Å². The molecule has 0 saturated carbocycles. The minimum absolute atomic E-state index is 0.0109. The Morgan fingerprint density at radius 3 is 2.00 bits per heavy atom. The second-order valence-corrected chi connectivity index (χ2v) is 4.53. The summed E-state index contributed by atoms with van der Waals surface area (Å²) in [4.78, 5) is 13.8. The number of carbonyl (C=O) groups is 1. The van der Waals surface area contributed by atoms with Crippen LogP contribution in [0.2, 0.25) is 0 Å². The fraction of sp³-hybridized carbons (Fsp3) is 0.800. The number of hydrogen-bond donors (Lipinski definition) is 1. The summed E-state index contributed by atoms with van der Waals surface area (Å²) in [6, 6.07) is -0.168. The van der Waals surface area contributed by atoms with Crippen molar-refractivity contribution in [3.05, 3.63) is 0 Å². The van der Waals surface area contributed by atoms with Crippen LogP contribution in [0.1, 0.15) is 27.7 Å².